The SMILES string of the molecule is CCCCC(CC)C(CC(OCC)OCC)OCC. The molecule has 0 aromatic heterocycles. The first-order chi connectivity index (χ1) is 9.23. The van der Waals surface area contributed by atoms with Crippen molar-refractivity contribution < 1.29 is 14.2 Å². The minimum absolute atomic E-state index is 0.123. The minimum Gasteiger partial charge on any atom is -0.378 e. The summed E-state index contributed by atoms with van der Waals surface area (Å²) < 4.78 is 17.3. The highest BCUT2D eigenvalue weighted by atomic mass is 16.7. The molecule has 0 aromatic rings. The molecule has 0 heterocycles. The highest BCUT2D eigenvalue weighted by Gasteiger charge is 2.24. The lowest BCUT2D eigenvalue weighted by Gasteiger charge is -2.29. The number of hydrogen-bond donors (Lipinski definition) is 0. The summed E-state index contributed by atoms with van der Waals surface area (Å²) in [5, 5.41) is 0. The molecule has 2 unspecified atom stereocenters. The number of unbranched alkanes of at least 4 members (excludes halogenated alkanes) is 1. The van der Waals surface area contributed by atoms with Gasteiger partial charge >= 0.3 is 0 Å². The van der Waals surface area contributed by atoms with Crippen LogP contribution in [0.4, 0.5) is 0 Å². The molecular weight excluding hydrogens is 240 g/mol. The van der Waals surface area contributed by atoms with Crippen LogP contribution in [0.1, 0.15) is 66.7 Å². The quantitative estimate of drug-likeness (QED) is 0.466. The molecule has 19 heavy (non-hydrogen) atoms. The Morgan fingerprint density at radius 2 is 1.37 bits per heavy atom. The molecule has 0 saturated carbocycles. The molecule has 0 saturated heterocycles. The van der Waals surface area contributed by atoms with Crippen molar-refractivity contribution in [2.24, 2.45) is 5.92 Å². The first kappa shape index (κ1) is 18.9. The molecule has 3 heteroatoms. The summed E-state index contributed by atoms with van der Waals surface area (Å²) in [5.74, 6) is 0.614. The van der Waals surface area contributed by atoms with Gasteiger partial charge in [-0.25, -0.2) is 0 Å². The van der Waals surface area contributed by atoms with Crippen molar-refractivity contribution in [2.45, 2.75) is 79.1 Å². The van der Waals surface area contributed by atoms with Crippen molar-refractivity contribution in [3.8, 4) is 0 Å². The van der Waals surface area contributed by atoms with E-state index in [2.05, 4.69) is 20.8 Å². The fourth-order valence-corrected chi connectivity index (χ4v) is 2.48. The maximum atomic E-state index is 5.96. The van der Waals surface area contributed by atoms with Crippen LogP contribution in [0.2, 0.25) is 0 Å². The van der Waals surface area contributed by atoms with Gasteiger partial charge in [0.25, 0.3) is 0 Å². The van der Waals surface area contributed by atoms with Gasteiger partial charge < -0.3 is 14.2 Å². The lowest BCUT2D eigenvalue weighted by molar-refractivity contribution is -0.163. The summed E-state index contributed by atoms with van der Waals surface area (Å²) in [6.07, 6.45) is 5.90. The van der Waals surface area contributed by atoms with Gasteiger partial charge in [0.15, 0.2) is 6.29 Å². The lowest BCUT2D eigenvalue weighted by atomic mass is 9.91. The van der Waals surface area contributed by atoms with E-state index in [9.17, 15) is 0 Å². The maximum Gasteiger partial charge on any atom is 0.160 e. The molecular formula is C16H34O3. The van der Waals surface area contributed by atoms with Crippen molar-refractivity contribution >= 4 is 0 Å². The largest absolute Gasteiger partial charge is 0.378 e. The van der Waals surface area contributed by atoms with Crippen LogP contribution in [0, 0.1) is 5.92 Å². The molecule has 2 atom stereocenters. The van der Waals surface area contributed by atoms with E-state index in [1.807, 2.05) is 13.8 Å². The summed E-state index contributed by atoms with van der Waals surface area (Å²) >= 11 is 0. The van der Waals surface area contributed by atoms with Gasteiger partial charge in [-0.05, 0) is 33.1 Å². The van der Waals surface area contributed by atoms with Crippen LogP contribution in [-0.2, 0) is 14.2 Å². The van der Waals surface area contributed by atoms with Crippen molar-refractivity contribution in [1.29, 1.82) is 0 Å². The summed E-state index contributed by atoms with van der Waals surface area (Å²) in [6, 6.07) is 0. The average Bonchev–Trinajstić information content (AvgIpc) is 2.40. The van der Waals surface area contributed by atoms with E-state index in [0.29, 0.717) is 19.1 Å². The Kier molecular flexibility index (Phi) is 12.8. The second-order valence-electron chi connectivity index (χ2n) is 4.88. The van der Waals surface area contributed by atoms with Crippen LogP contribution in [0.25, 0.3) is 0 Å². The molecule has 0 aliphatic rings. The summed E-state index contributed by atoms with van der Waals surface area (Å²) in [6.45, 7) is 12.7. The van der Waals surface area contributed by atoms with Gasteiger partial charge in [-0.3, -0.25) is 0 Å². The van der Waals surface area contributed by atoms with Crippen molar-refractivity contribution in [1.82, 2.24) is 0 Å². The molecule has 0 aromatic carbocycles. The molecule has 0 spiro atoms. The zero-order chi connectivity index (χ0) is 14.5. The molecule has 0 bridgehead atoms. The van der Waals surface area contributed by atoms with E-state index in [4.69, 9.17) is 14.2 Å². The summed E-state index contributed by atoms with van der Waals surface area (Å²) in [7, 11) is 0. The third-order valence-electron chi connectivity index (χ3n) is 3.49. The van der Waals surface area contributed by atoms with Gasteiger partial charge in [0, 0.05) is 26.2 Å². The number of rotatable bonds is 13. The first-order valence-electron chi connectivity index (χ1n) is 8.07. The molecule has 0 aliphatic carbocycles. The van der Waals surface area contributed by atoms with E-state index in [1.165, 1.54) is 19.3 Å². The smallest absolute Gasteiger partial charge is 0.160 e. The Morgan fingerprint density at radius 1 is 0.789 bits per heavy atom. The van der Waals surface area contributed by atoms with E-state index < -0.39 is 0 Å². The minimum atomic E-state index is -0.123. The van der Waals surface area contributed by atoms with Gasteiger partial charge in [0.05, 0.1) is 6.10 Å². The molecule has 0 fully saturated rings. The Hall–Kier alpha value is -0.120. The van der Waals surface area contributed by atoms with Crippen molar-refractivity contribution in [2.75, 3.05) is 19.8 Å². The Balaban J connectivity index is 4.46. The highest BCUT2D eigenvalue weighted by Crippen LogP contribution is 2.24. The van der Waals surface area contributed by atoms with E-state index in [-0.39, 0.29) is 12.4 Å². The predicted molar refractivity (Wildman–Crippen MR) is 80.4 cm³/mol. The summed E-state index contributed by atoms with van der Waals surface area (Å²) in [4.78, 5) is 0. The standard InChI is InChI=1S/C16H34O3/c1-6-11-12-14(7-2)15(17-8-3)13-16(18-9-4)19-10-5/h14-16H,6-13H2,1-5H3. The van der Waals surface area contributed by atoms with Gasteiger partial charge in [-0.2, -0.15) is 0 Å². The molecule has 0 rings (SSSR count). The fourth-order valence-electron chi connectivity index (χ4n) is 2.48. The van der Waals surface area contributed by atoms with Gasteiger partial charge in [0.2, 0.25) is 0 Å². The van der Waals surface area contributed by atoms with Crippen LogP contribution in [0.15, 0.2) is 0 Å². The van der Waals surface area contributed by atoms with E-state index in [0.717, 1.165) is 19.4 Å². The van der Waals surface area contributed by atoms with Crippen molar-refractivity contribution in [3.05, 3.63) is 0 Å². The van der Waals surface area contributed by atoms with E-state index >= 15 is 0 Å². The number of ether oxygens (including phenoxy) is 3. The van der Waals surface area contributed by atoms with Crippen molar-refractivity contribution in [3.63, 3.8) is 0 Å². The predicted octanol–water partition coefficient (Wildman–Crippen LogP) is 4.40. The molecule has 0 aliphatic heterocycles. The molecule has 0 radical (unpaired) electrons. The van der Waals surface area contributed by atoms with Crippen LogP contribution >= 0.6 is 0 Å². The monoisotopic (exact) mass is 274 g/mol. The lowest BCUT2D eigenvalue weighted by Crippen LogP contribution is -2.31. The van der Waals surface area contributed by atoms with E-state index in [1.54, 1.807) is 0 Å². The fraction of sp³-hybridized carbons (Fsp3) is 1.00. The van der Waals surface area contributed by atoms with Crippen LogP contribution in [0.5, 0.6) is 0 Å². The van der Waals surface area contributed by atoms with Gasteiger partial charge in [-0.15, -0.1) is 0 Å². The maximum absolute atomic E-state index is 5.96. The van der Waals surface area contributed by atoms with Crippen LogP contribution in [-0.4, -0.2) is 32.2 Å². The zero-order valence-corrected chi connectivity index (χ0v) is 13.6. The zero-order valence-electron chi connectivity index (χ0n) is 13.6. The Morgan fingerprint density at radius 3 is 1.79 bits per heavy atom. The topological polar surface area (TPSA) is 27.7 Å². The second-order valence-corrected chi connectivity index (χ2v) is 4.88. The van der Waals surface area contributed by atoms with Crippen LogP contribution in [0.3, 0.4) is 0 Å². The highest BCUT2D eigenvalue weighted by molar-refractivity contribution is 4.71. The third kappa shape index (κ3) is 8.61. The molecule has 3 nitrogen and oxygen atoms in total. The Bertz CT molecular complexity index is 179. The first-order valence-corrected chi connectivity index (χ1v) is 8.07. The summed E-state index contributed by atoms with van der Waals surface area (Å²) in [5.41, 5.74) is 0. The van der Waals surface area contributed by atoms with Gasteiger partial charge in [0.1, 0.15) is 0 Å². The van der Waals surface area contributed by atoms with Gasteiger partial charge in [-0.1, -0.05) is 33.1 Å². The third-order valence-corrected chi connectivity index (χ3v) is 3.49. The molecule has 0 amide bonds. The normalized spacial score (nSPS) is 14.8. The average molecular weight is 274 g/mol. The number of hydrogen-bond acceptors (Lipinski definition) is 3. The second kappa shape index (κ2) is 12.9. The molecule has 116 valence electrons. The molecule has 0 N–H and O–H groups in total. The Labute approximate surface area is 120 Å². The van der Waals surface area contributed by atoms with Crippen LogP contribution < -0.4 is 0 Å².